The van der Waals surface area contributed by atoms with Crippen molar-refractivity contribution < 1.29 is 36.3 Å². The molecule has 0 aliphatic heterocycles. The molecule has 0 aliphatic rings. The standard InChI is InChI=1S/C21H32N6O8S2/c1-14-5-7-16(8-6-14)37(34,35)27-17(4-3-10-24-21(22)23)20(31)25-13-18(28)26-15(12-19(29)30)9-11-36(2,32)33/h5-9,11,15,17,27H,3-4,10,12-13H2,1-2H3,(H,25,31)(H,26,28)(H,29,30)(H4,22,23,24)/b11-9+/t15-,17+/m1/s1. The predicted octanol–water partition coefficient (Wildman–Crippen LogP) is -1.67. The van der Waals surface area contributed by atoms with Gasteiger partial charge in [-0.25, -0.2) is 16.8 Å². The Hall–Kier alpha value is -3.50. The van der Waals surface area contributed by atoms with Crippen LogP contribution in [0.3, 0.4) is 0 Å². The second-order valence-electron chi connectivity index (χ2n) is 8.08. The van der Waals surface area contributed by atoms with Gasteiger partial charge in [0, 0.05) is 18.2 Å². The van der Waals surface area contributed by atoms with Gasteiger partial charge in [-0.1, -0.05) is 23.8 Å². The zero-order chi connectivity index (χ0) is 28.2. The summed E-state index contributed by atoms with van der Waals surface area (Å²) in [5.41, 5.74) is 11.4. The third-order valence-corrected chi connectivity index (χ3v) is 6.75. The highest BCUT2D eigenvalue weighted by atomic mass is 32.2. The molecule has 0 aliphatic carbocycles. The quantitative estimate of drug-likeness (QED) is 0.0809. The van der Waals surface area contributed by atoms with Crippen molar-refractivity contribution in [1.82, 2.24) is 15.4 Å². The summed E-state index contributed by atoms with van der Waals surface area (Å²) in [4.78, 5) is 39.8. The Morgan fingerprint density at radius 1 is 1.11 bits per heavy atom. The summed E-state index contributed by atoms with van der Waals surface area (Å²) in [6.07, 6.45) is 1.53. The van der Waals surface area contributed by atoms with Crippen molar-refractivity contribution in [3.05, 3.63) is 41.3 Å². The van der Waals surface area contributed by atoms with Gasteiger partial charge in [0.1, 0.15) is 6.04 Å². The fraction of sp³-hybridized carbons (Fsp3) is 0.429. The molecule has 8 N–H and O–H groups in total. The molecule has 1 rings (SSSR count). The van der Waals surface area contributed by atoms with Gasteiger partial charge in [0.15, 0.2) is 15.8 Å². The van der Waals surface area contributed by atoms with Crippen LogP contribution in [-0.4, -0.2) is 77.1 Å². The van der Waals surface area contributed by atoms with Crippen molar-refractivity contribution in [2.75, 3.05) is 19.3 Å². The Morgan fingerprint density at radius 2 is 1.73 bits per heavy atom. The highest BCUT2D eigenvalue weighted by molar-refractivity contribution is 7.93. The summed E-state index contributed by atoms with van der Waals surface area (Å²) in [6, 6.07) is 3.51. The fourth-order valence-corrected chi connectivity index (χ4v) is 4.57. The zero-order valence-corrected chi connectivity index (χ0v) is 22.0. The highest BCUT2D eigenvalue weighted by Crippen LogP contribution is 2.12. The van der Waals surface area contributed by atoms with E-state index in [1.54, 1.807) is 19.1 Å². The predicted molar refractivity (Wildman–Crippen MR) is 136 cm³/mol. The summed E-state index contributed by atoms with van der Waals surface area (Å²) in [6.45, 7) is 1.29. The molecule has 2 amide bonds. The number of aliphatic imine (C=N–C) groups is 1. The van der Waals surface area contributed by atoms with Gasteiger partial charge >= 0.3 is 5.97 Å². The molecular formula is C21H32N6O8S2. The first-order valence-corrected chi connectivity index (χ1v) is 14.3. The molecule has 37 heavy (non-hydrogen) atoms. The van der Waals surface area contributed by atoms with Crippen molar-refractivity contribution in [1.29, 1.82) is 0 Å². The number of aliphatic carboxylic acids is 1. The van der Waals surface area contributed by atoms with Crippen LogP contribution in [0.1, 0.15) is 24.8 Å². The van der Waals surface area contributed by atoms with E-state index in [1.165, 1.54) is 12.1 Å². The number of nitrogens with one attached hydrogen (secondary N) is 3. The molecule has 0 radical (unpaired) electrons. The lowest BCUT2D eigenvalue weighted by Crippen LogP contribution is -2.49. The summed E-state index contributed by atoms with van der Waals surface area (Å²) < 4.78 is 50.5. The molecule has 16 heteroatoms. The number of rotatable bonds is 15. The molecule has 0 spiro atoms. The van der Waals surface area contributed by atoms with E-state index in [-0.39, 0.29) is 30.2 Å². The Kier molecular flexibility index (Phi) is 12.2. The average Bonchev–Trinajstić information content (AvgIpc) is 2.77. The van der Waals surface area contributed by atoms with Crippen molar-refractivity contribution >= 4 is 43.6 Å². The van der Waals surface area contributed by atoms with Gasteiger partial charge in [0.05, 0.1) is 23.9 Å². The van der Waals surface area contributed by atoms with Crippen LogP contribution < -0.4 is 26.8 Å². The van der Waals surface area contributed by atoms with E-state index in [2.05, 4.69) is 20.3 Å². The second kappa shape index (κ2) is 14.3. The van der Waals surface area contributed by atoms with Gasteiger partial charge in [0.2, 0.25) is 21.8 Å². The monoisotopic (exact) mass is 560 g/mol. The van der Waals surface area contributed by atoms with Gasteiger partial charge in [-0.3, -0.25) is 19.4 Å². The number of sulfonamides is 1. The number of carboxylic acid groups (broad SMARTS) is 1. The van der Waals surface area contributed by atoms with Crippen LogP contribution in [0.15, 0.2) is 45.6 Å². The number of aryl methyl sites for hydroxylation is 1. The van der Waals surface area contributed by atoms with E-state index < -0.39 is 62.7 Å². The van der Waals surface area contributed by atoms with Crippen LogP contribution in [0.5, 0.6) is 0 Å². The number of nitrogens with zero attached hydrogens (tertiary/aromatic N) is 1. The topological polar surface area (TPSA) is 240 Å². The van der Waals surface area contributed by atoms with Crippen molar-refractivity contribution in [3.63, 3.8) is 0 Å². The number of guanidine groups is 1. The van der Waals surface area contributed by atoms with E-state index in [1.807, 2.05) is 0 Å². The van der Waals surface area contributed by atoms with Crippen LogP contribution >= 0.6 is 0 Å². The number of sulfone groups is 1. The lowest BCUT2D eigenvalue weighted by Gasteiger charge is -2.19. The van der Waals surface area contributed by atoms with Gasteiger partial charge in [0.25, 0.3) is 0 Å². The summed E-state index contributed by atoms with van der Waals surface area (Å²) in [5.74, 6) is -3.10. The lowest BCUT2D eigenvalue weighted by atomic mass is 10.1. The molecule has 0 unspecified atom stereocenters. The number of benzene rings is 1. The minimum Gasteiger partial charge on any atom is -0.481 e. The molecule has 0 bridgehead atoms. The van der Waals surface area contributed by atoms with E-state index in [0.29, 0.717) is 0 Å². The first kappa shape index (κ1) is 31.5. The Labute approximate surface area is 215 Å². The third-order valence-electron chi connectivity index (χ3n) is 4.61. The molecule has 0 saturated carbocycles. The Balaban J connectivity index is 2.92. The minimum atomic E-state index is -4.09. The van der Waals surface area contributed by atoms with E-state index in [4.69, 9.17) is 16.6 Å². The smallest absolute Gasteiger partial charge is 0.305 e. The molecule has 1 aromatic rings. The summed E-state index contributed by atoms with van der Waals surface area (Å²) in [7, 11) is -7.67. The molecule has 0 heterocycles. The Bertz CT molecular complexity index is 1220. The van der Waals surface area contributed by atoms with Crippen molar-refractivity contribution in [2.24, 2.45) is 16.5 Å². The van der Waals surface area contributed by atoms with Gasteiger partial charge < -0.3 is 27.2 Å². The maximum atomic E-state index is 12.8. The number of hydrogen-bond acceptors (Lipinski definition) is 8. The van der Waals surface area contributed by atoms with Crippen LogP contribution in [0, 0.1) is 6.92 Å². The molecule has 206 valence electrons. The van der Waals surface area contributed by atoms with Crippen LogP contribution in [-0.2, 0) is 34.2 Å². The molecule has 2 atom stereocenters. The molecule has 0 fully saturated rings. The second-order valence-corrected chi connectivity index (χ2v) is 11.7. The molecule has 0 saturated heterocycles. The SMILES string of the molecule is Cc1ccc(S(=O)(=O)N[C@@H](CCCN=C(N)N)C(=O)NCC(=O)N[C@H](/C=C/S(C)(=O)=O)CC(=O)O)cc1. The van der Waals surface area contributed by atoms with E-state index in [0.717, 1.165) is 23.3 Å². The van der Waals surface area contributed by atoms with Crippen molar-refractivity contribution in [2.45, 2.75) is 43.2 Å². The number of carbonyl (C=O) groups excluding carboxylic acids is 2. The summed E-state index contributed by atoms with van der Waals surface area (Å²) in [5, 5.41) is 14.3. The van der Waals surface area contributed by atoms with Crippen molar-refractivity contribution in [3.8, 4) is 0 Å². The van der Waals surface area contributed by atoms with E-state index >= 15 is 0 Å². The van der Waals surface area contributed by atoms with Crippen LogP contribution in [0.4, 0.5) is 0 Å². The van der Waals surface area contributed by atoms with Gasteiger partial charge in [-0.15, -0.1) is 0 Å². The van der Waals surface area contributed by atoms with E-state index in [9.17, 15) is 31.2 Å². The fourth-order valence-electron chi connectivity index (χ4n) is 2.86. The lowest BCUT2D eigenvalue weighted by molar-refractivity contribution is -0.137. The highest BCUT2D eigenvalue weighted by Gasteiger charge is 2.26. The molecular weight excluding hydrogens is 528 g/mol. The maximum Gasteiger partial charge on any atom is 0.305 e. The van der Waals surface area contributed by atoms with Gasteiger partial charge in [-0.05, 0) is 31.9 Å². The first-order valence-electron chi connectivity index (χ1n) is 10.9. The zero-order valence-electron chi connectivity index (χ0n) is 20.4. The van der Waals surface area contributed by atoms with Gasteiger partial charge in [-0.2, -0.15) is 4.72 Å². The Morgan fingerprint density at radius 3 is 2.27 bits per heavy atom. The van der Waals surface area contributed by atoms with Crippen LogP contribution in [0.25, 0.3) is 0 Å². The molecule has 14 nitrogen and oxygen atoms in total. The number of hydrogen-bond donors (Lipinski definition) is 6. The number of carbonyl (C=O) groups is 3. The third kappa shape index (κ3) is 13.4. The van der Waals surface area contributed by atoms with Crippen LogP contribution in [0.2, 0.25) is 0 Å². The average molecular weight is 561 g/mol. The number of amides is 2. The maximum absolute atomic E-state index is 12.8. The first-order chi connectivity index (χ1) is 17.1. The summed E-state index contributed by atoms with van der Waals surface area (Å²) >= 11 is 0. The minimum absolute atomic E-state index is 0.00589. The normalized spacial score (nSPS) is 13.5. The molecule has 1 aromatic carbocycles. The number of nitrogens with two attached hydrogens (primary N) is 2. The largest absolute Gasteiger partial charge is 0.481 e. The molecule has 0 aromatic heterocycles. The number of carboxylic acids is 1.